The van der Waals surface area contributed by atoms with Crippen LogP contribution in [0.1, 0.15) is 68.7 Å². The molecule has 2 heterocycles. The molecule has 2 amide bonds. The molecular formula is C23H30F3NO4S. The lowest BCUT2D eigenvalue weighted by Gasteiger charge is -2.28. The number of aryl methyl sites for hydroxylation is 1. The Morgan fingerprint density at radius 2 is 1.91 bits per heavy atom. The second-order valence-electron chi connectivity index (χ2n) is 8.34. The molecule has 0 aliphatic carbocycles. The third-order valence-electron chi connectivity index (χ3n) is 6.02. The molecular weight excluding hydrogens is 443 g/mol. The van der Waals surface area contributed by atoms with Crippen molar-refractivity contribution in [1.29, 1.82) is 0 Å². The number of benzene rings is 1. The first-order chi connectivity index (χ1) is 15.1. The van der Waals surface area contributed by atoms with Crippen molar-refractivity contribution in [3.63, 3.8) is 0 Å². The number of nitrogens with zero attached hydrogens (tertiary/aromatic N) is 1. The van der Waals surface area contributed by atoms with Gasteiger partial charge in [0, 0.05) is 12.1 Å². The number of halogens is 3. The molecule has 1 aromatic rings. The molecule has 9 heteroatoms. The Morgan fingerprint density at radius 3 is 2.50 bits per heavy atom. The van der Waals surface area contributed by atoms with Crippen molar-refractivity contribution in [2.24, 2.45) is 0 Å². The summed E-state index contributed by atoms with van der Waals surface area (Å²) < 4.78 is 52.9. The Labute approximate surface area is 191 Å². The second-order valence-corrected chi connectivity index (χ2v) is 9.27. The fourth-order valence-electron chi connectivity index (χ4n) is 4.23. The Balaban J connectivity index is 1.79. The van der Waals surface area contributed by atoms with Crippen LogP contribution in [0.3, 0.4) is 0 Å². The molecule has 32 heavy (non-hydrogen) atoms. The van der Waals surface area contributed by atoms with Crippen LogP contribution in [0, 0.1) is 0 Å². The summed E-state index contributed by atoms with van der Waals surface area (Å²) in [4.78, 5) is 24.6. The van der Waals surface area contributed by atoms with E-state index in [1.807, 2.05) is 13.8 Å². The van der Waals surface area contributed by atoms with Gasteiger partial charge in [-0.1, -0.05) is 38.5 Å². The van der Waals surface area contributed by atoms with Gasteiger partial charge < -0.3 is 9.47 Å². The summed E-state index contributed by atoms with van der Waals surface area (Å²) in [6, 6.07) is 1.62. The number of hydrogen-bond donors (Lipinski definition) is 0. The first-order valence-corrected chi connectivity index (χ1v) is 12.1. The van der Waals surface area contributed by atoms with Gasteiger partial charge in [-0.2, -0.15) is 13.2 Å². The fraction of sp³-hybridized carbons (Fsp3) is 0.652. The highest BCUT2D eigenvalue weighted by atomic mass is 32.2. The molecule has 3 rings (SSSR count). The molecule has 0 spiro atoms. The molecule has 2 aliphatic heterocycles. The number of fused-ring (bicyclic) bond motifs is 1. The Morgan fingerprint density at radius 1 is 1.19 bits per heavy atom. The third-order valence-corrected chi connectivity index (χ3v) is 6.87. The van der Waals surface area contributed by atoms with E-state index in [0.717, 1.165) is 42.7 Å². The Bertz CT molecular complexity index is 858. The number of imide groups is 1. The molecule has 0 N–H and O–H groups in total. The smallest absolute Gasteiger partial charge is 0.421 e. The zero-order valence-corrected chi connectivity index (χ0v) is 19.6. The van der Waals surface area contributed by atoms with Crippen LogP contribution < -0.4 is 4.74 Å². The van der Waals surface area contributed by atoms with E-state index in [0.29, 0.717) is 50.1 Å². The number of alkyl halides is 3. The lowest BCUT2D eigenvalue weighted by atomic mass is 9.86. The van der Waals surface area contributed by atoms with Crippen molar-refractivity contribution in [3.8, 4) is 5.75 Å². The molecule has 1 saturated heterocycles. The maximum absolute atomic E-state index is 13.8. The number of unbranched alkanes of at least 4 members (excludes halogenated alkanes) is 1. The largest absolute Gasteiger partial charge is 0.493 e. The molecule has 0 radical (unpaired) electrons. The van der Waals surface area contributed by atoms with Gasteiger partial charge in [0.2, 0.25) is 5.91 Å². The molecule has 1 aromatic carbocycles. The van der Waals surface area contributed by atoms with Crippen molar-refractivity contribution >= 4 is 22.9 Å². The lowest BCUT2D eigenvalue weighted by molar-refractivity contribution is -0.272. The van der Waals surface area contributed by atoms with E-state index in [-0.39, 0.29) is 29.1 Å². The number of rotatable bonds is 10. The molecule has 5 nitrogen and oxygen atoms in total. The first-order valence-electron chi connectivity index (χ1n) is 11.1. The van der Waals surface area contributed by atoms with Gasteiger partial charge in [-0.3, -0.25) is 14.5 Å². The van der Waals surface area contributed by atoms with E-state index in [4.69, 9.17) is 9.47 Å². The highest BCUT2D eigenvalue weighted by Crippen LogP contribution is 2.51. The monoisotopic (exact) mass is 473 g/mol. The maximum Gasteiger partial charge on any atom is 0.421 e. The maximum atomic E-state index is 13.8. The predicted molar refractivity (Wildman–Crippen MR) is 117 cm³/mol. The van der Waals surface area contributed by atoms with Gasteiger partial charge >= 0.3 is 6.18 Å². The van der Waals surface area contributed by atoms with Crippen molar-refractivity contribution in [1.82, 2.24) is 4.90 Å². The van der Waals surface area contributed by atoms with Crippen LogP contribution in [-0.2, 0) is 34.6 Å². The summed E-state index contributed by atoms with van der Waals surface area (Å²) in [5, 5.41) is -0.210. The predicted octanol–water partition coefficient (Wildman–Crippen LogP) is 5.75. The number of amides is 2. The summed E-state index contributed by atoms with van der Waals surface area (Å²) in [6.07, 6.45) is -0.478. The standard InChI is InChI=1S/C23H30F3NO4S/c1-4-8-15-12-18-17(13-31-22(18,3)23(24,25)26)16(9-5-2)20(15)30-11-7-6-10-27-19(28)14-32-21(27)29/h12H,4-11,13-14H2,1-3H3. The van der Waals surface area contributed by atoms with Gasteiger partial charge in [0.05, 0.1) is 19.0 Å². The van der Waals surface area contributed by atoms with Gasteiger partial charge in [0.25, 0.3) is 5.24 Å². The minimum Gasteiger partial charge on any atom is -0.493 e. The Kier molecular flexibility index (Phi) is 7.81. The fourth-order valence-corrected chi connectivity index (χ4v) is 4.98. The average Bonchev–Trinajstić information content (AvgIpc) is 3.24. The highest BCUT2D eigenvalue weighted by molar-refractivity contribution is 8.14. The zero-order valence-electron chi connectivity index (χ0n) is 18.8. The van der Waals surface area contributed by atoms with Crippen LogP contribution in [0.25, 0.3) is 0 Å². The number of thioether (sulfide) groups is 1. The minimum absolute atomic E-state index is 0.0830. The first kappa shape index (κ1) is 24.9. The molecule has 178 valence electrons. The molecule has 1 atom stereocenters. The molecule has 1 fully saturated rings. The van der Waals surface area contributed by atoms with E-state index in [1.54, 1.807) is 6.07 Å². The molecule has 0 aromatic heterocycles. The molecule has 2 aliphatic rings. The summed E-state index contributed by atoms with van der Waals surface area (Å²) >= 11 is 1.02. The summed E-state index contributed by atoms with van der Waals surface area (Å²) in [6.45, 7) is 5.72. The van der Waals surface area contributed by atoms with Gasteiger partial charge in [-0.15, -0.1) is 0 Å². The quantitative estimate of drug-likeness (QED) is 0.405. The molecule has 0 saturated carbocycles. The van der Waals surface area contributed by atoms with Crippen molar-refractivity contribution in [3.05, 3.63) is 28.3 Å². The SMILES string of the molecule is CCCc1cc2c(c(CCC)c1OCCCCN1C(=O)CSC1=O)COC2(C)C(F)(F)F. The highest BCUT2D eigenvalue weighted by Gasteiger charge is 2.57. The van der Waals surface area contributed by atoms with Gasteiger partial charge in [0.1, 0.15) is 5.75 Å². The van der Waals surface area contributed by atoms with Crippen LogP contribution in [0.2, 0.25) is 0 Å². The van der Waals surface area contributed by atoms with Crippen LogP contribution in [0.15, 0.2) is 6.07 Å². The average molecular weight is 474 g/mol. The third kappa shape index (κ3) is 4.78. The van der Waals surface area contributed by atoms with E-state index in [2.05, 4.69) is 0 Å². The minimum atomic E-state index is -4.50. The van der Waals surface area contributed by atoms with Crippen molar-refractivity contribution in [2.45, 2.75) is 77.7 Å². The molecule has 1 unspecified atom stereocenters. The zero-order chi connectivity index (χ0) is 23.5. The van der Waals surface area contributed by atoms with Crippen molar-refractivity contribution < 1.29 is 32.2 Å². The van der Waals surface area contributed by atoms with Crippen LogP contribution in [-0.4, -0.2) is 41.1 Å². The van der Waals surface area contributed by atoms with E-state index in [9.17, 15) is 22.8 Å². The van der Waals surface area contributed by atoms with Gasteiger partial charge in [0.15, 0.2) is 5.60 Å². The van der Waals surface area contributed by atoms with Gasteiger partial charge in [-0.25, -0.2) is 0 Å². The number of carbonyl (C=O) groups is 2. The van der Waals surface area contributed by atoms with E-state index in [1.165, 1.54) is 4.90 Å². The molecule has 0 bridgehead atoms. The number of hydrogen-bond acceptors (Lipinski definition) is 5. The summed E-state index contributed by atoms with van der Waals surface area (Å²) in [5.74, 6) is 0.707. The number of ether oxygens (including phenoxy) is 2. The lowest BCUT2D eigenvalue weighted by Crippen LogP contribution is -2.39. The van der Waals surface area contributed by atoms with Crippen LogP contribution in [0.5, 0.6) is 5.75 Å². The van der Waals surface area contributed by atoms with Gasteiger partial charge in [-0.05, 0) is 55.4 Å². The van der Waals surface area contributed by atoms with E-state index < -0.39 is 11.8 Å². The van der Waals surface area contributed by atoms with Crippen molar-refractivity contribution in [2.75, 3.05) is 18.9 Å². The summed E-state index contributed by atoms with van der Waals surface area (Å²) in [7, 11) is 0. The normalized spacial score (nSPS) is 20.9. The Hall–Kier alpha value is -1.74. The number of carbonyl (C=O) groups excluding carboxylic acids is 2. The second kappa shape index (κ2) is 10.0. The van der Waals surface area contributed by atoms with Crippen LogP contribution >= 0.6 is 11.8 Å². The van der Waals surface area contributed by atoms with E-state index >= 15 is 0 Å². The topological polar surface area (TPSA) is 55.8 Å². The summed E-state index contributed by atoms with van der Waals surface area (Å²) in [5.41, 5.74) is 0.0675. The van der Waals surface area contributed by atoms with Crippen LogP contribution in [0.4, 0.5) is 18.0 Å².